The van der Waals surface area contributed by atoms with Crippen molar-refractivity contribution >= 4 is 17.6 Å². The highest BCUT2D eigenvalue weighted by atomic mass is 16.5. The van der Waals surface area contributed by atoms with Crippen LogP contribution in [0.3, 0.4) is 0 Å². The number of ether oxygens (including phenoxy) is 3. The second kappa shape index (κ2) is 10.5. The molecule has 0 aliphatic carbocycles. The van der Waals surface area contributed by atoms with E-state index in [0.29, 0.717) is 43.4 Å². The van der Waals surface area contributed by atoms with Crippen molar-refractivity contribution in [3.63, 3.8) is 0 Å². The summed E-state index contributed by atoms with van der Waals surface area (Å²) in [5.41, 5.74) is 1.47. The summed E-state index contributed by atoms with van der Waals surface area (Å²) in [6, 6.07) is 15.0. The fourth-order valence-corrected chi connectivity index (χ4v) is 3.33. The molecule has 0 spiro atoms. The lowest BCUT2D eigenvalue weighted by molar-refractivity contribution is -0.134. The maximum absolute atomic E-state index is 12.5. The van der Waals surface area contributed by atoms with Crippen LogP contribution < -0.4 is 14.4 Å². The second-order valence-electron chi connectivity index (χ2n) is 6.81. The summed E-state index contributed by atoms with van der Waals surface area (Å²) >= 11 is 0. The molecule has 0 bridgehead atoms. The van der Waals surface area contributed by atoms with Gasteiger partial charge >= 0.3 is 5.97 Å². The molecule has 0 radical (unpaired) electrons. The van der Waals surface area contributed by atoms with E-state index < -0.39 is 5.97 Å². The minimum absolute atomic E-state index is 0.188. The third-order valence-corrected chi connectivity index (χ3v) is 4.86. The van der Waals surface area contributed by atoms with E-state index in [1.807, 2.05) is 32.0 Å². The predicted octanol–water partition coefficient (Wildman–Crippen LogP) is 2.99. The van der Waals surface area contributed by atoms with Gasteiger partial charge in [-0.15, -0.1) is 0 Å². The first-order valence-electron chi connectivity index (χ1n) is 10.3. The SMILES string of the molecule is CCOc1ccc(C(=O)OCC(=O)N2CCN(c3ccccc3)CC2)cc1OCC. The molecule has 7 heteroatoms. The van der Waals surface area contributed by atoms with Crippen molar-refractivity contribution in [3.8, 4) is 11.5 Å². The molecule has 0 unspecified atom stereocenters. The molecule has 1 aliphatic rings. The zero-order valence-corrected chi connectivity index (χ0v) is 17.5. The van der Waals surface area contributed by atoms with E-state index in [4.69, 9.17) is 14.2 Å². The summed E-state index contributed by atoms with van der Waals surface area (Å²) in [5.74, 6) is 0.308. The van der Waals surface area contributed by atoms with Gasteiger partial charge in [0.1, 0.15) is 0 Å². The number of amides is 1. The Kier molecular flexibility index (Phi) is 7.54. The van der Waals surface area contributed by atoms with Crippen LogP contribution in [0.4, 0.5) is 5.69 Å². The highest BCUT2D eigenvalue weighted by molar-refractivity contribution is 5.92. The van der Waals surface area contributed by atoms with Crippen molar-refractivity contribution in [1.29, 1.82) is 0 Å². The van der Waals surface area contributed by atoms with Crippen LogP contribution in [0.2, 0.25) is 0 Å². The highest BCUT2D eigenvalue weighted by Gasteiger charge is 2.22. The van der Waals surface area contributed by atoms with Gasteiger partial charge in [0.2, 0.25) is 0 Å². The molecule has 0 aromatic heterocycles. The molecule has 0 atom stereocenters. The number of para-hydroxylation sites is 1. The van der Waals surface area contributed by atoms with Crippen LogP contribution in [-0.2, 0) is 9.53 Å². The third-order valence-electron chi connectivity index (χ3n) is 4.86. The first kappa shape index (κ1) is 21.5. The number of carbonyl (C=O) groups is 2. The Labute approximate surface area is 177 Å². The van der Waals surface area contributed by atoms with Crippen LogP contribution in [-0.4, -0.2) is 62.8 Å². The molecule has 1 heterocycles. The number of benzene rings is 2. The van der Waals surface area contributed by atoms with E-state index in [1.54, 1.807) is 23.1 Å². The van der Waals surface area contributed by atoms with Gasteiger partial charge in [-0.25, -0.2) is 4.79 Å². The topological polar surface area (TPSA) is 68.3 Å². The maximum atomic E-state index is 12.5. The molecule has 7 nitrogen and oxygen atoms in total. The maximum Gasteiger partial charge on any atom is 0.338 e. The van der Waals surface area contributed by atoms with Crippen molar-refractivity contribution < 1.29 is 23.8 Å². The number of rotatable bonds is 8. The Morgan fingerprint density at radius 2 is 1.53 bits per heavy atom. The zero-order chi connectivity index (χ0) is 21.3. The van der Waals surface area contributed by atoms with Gasteiger partial charge in [0.25, 0.3) is 5.91 Å². The van der Waals surface area contributed by atoms with Gasteiger partial charge < -0.3 is 24.0 Å². The number of anilines is 1. The van der Waals surface area contributed by atoms with Crippen molar-refractivity contribution in [1.82, 2.24) is 4.90 Å². The van der Waals surface area contributed by atoms with Crippen molar-refractivity contribution in [2.24, 2.45) is 0 Å². The first-order valence-corrected chi connectivity index (χ1v) is 10.3. The quantitative estimate of drug-likeness (QED) is 0.621. The predicted molar refractivity (Wildman–Crippen MR) is 114 cm³/mol. The van der Waals surface area contributed by atoms with E-state index in [-0.39, 0.29) is 12.5 Å². The smallest absolute Gasteiger partial charge is 0.338 e. The van der Waals surface area contributed by atoms with E-state index >= 15 is 0 Å². The van der Waals surface area contributed by atoms with Crippen LogP contribution >= 0.6 is 0 Å². The number of nitrogens with zero attached hydrogens (tertiary/aromatic N) is 2. The normalized spacial score (nSPS) is 13.7. The van der Waals surface area contributed by atoms with Gasteiger partial charge in [-0.05, 0) is 44.2 Å². The molecule has 1 fully saturated rings. The van der Waals surface area contributed by atoms with Crippen LogP contribution in [0.25, 0.3) is 0 Å². The van der Waals surface area contributed by atoms with Crippen LogP contribution in [0.1, 0.15) is 24.2 Å². The van der Waals surface area contributed by atoms with Gasteiger partial charge in [-0.3, -0.25) is 4.79 Å². The Morgan fingerprint density at radius 1 is 0.867 bits per heavy atom. The Balaban J connectivity index is 1.51. The second-order valence-corrected chi connectivity index (χ2v) is 6.81. The van der Waals surface area contributed by atoms with Crippen molar-refractivity contribution in [2.75, 3.05) is 50.9 Å². The molecular formula is C23H28N2O5. The summed E-state index contributed by atoms with van der Waals surface area (Å²) < 4.78 is 16.3. The third kappa shape index (κ3) is 5.43. The molecule has 3 rings (SSSR count). The largest absolute Gasteiger partial charge is 0.490 e. The van der Waals surface area contributed by atoms with E-state index in [1.165, 1.54) is 0 Å². The number of carbonyl (C=O) groups excluding carboxylic acids is 2. The molecule has 0 saturated carbocycles. The lowest BCUT2D eigenvalue weighted by Gasteiger charge is -2.36. The minimum Gasteiger partial charge on any atom is -0.490 e. The average molecular weight is 412 g/mol. The summed E-state index contributed by atoms with van der Waals surface area (Å²) in [7, 11) is 0. The first-order chi connectivity index (χ1) is 14.6. The average Bonchev–Trinajstić information content (AvgIpc) is 2.79. The Morgan fingerprint density at radius 3 is 2.20 bits per heavy atom. The van der Waals surface area contributed by atoms with E-state index in [9.17, 15) is 9.59 Å². The fourth-order valence-electron chi connectivity index (χ4n) is 3.33. The molecule has 1 saturated heterocycles. The monoisotopic (exact) mass is 412 g/mol. The van der Waals surface area contributed by atoms with Crippen LogP contribution in [0.15, 0.2) is 48.5 Å². The number of hydrogen-bond donors (Lipinski definition) is 0. The van der Waals surface area contributed by atoms with Gasteiger partial charge in [0.15, 0.2) is 18.1 Å². The Hall–Kier alpha value is -3.22. The number of piperazine rings is 1. The lowest BCUT2D eigenvalue weighted by Crippen LogP contribution is -2.49. The summed E-state index contributed by atoms with van der Waals surface area (Å²) in [5, 5.41) is 0. The lowest BCUT2D eigenvalue weighted by atomic mass is 10.2. The summed E-state index contributed by atoms with van der Waals surface area (Å²) in [6.45, 7) is 7.11. The molecule has 0 N–H and O–H groups in total. The fraction of sp³-hybridized carbons (Fsp3) is 0.391. The van der Waals surface area contributed by atoms with Gasteiger partial charge in [0, 0.05) is 31.9 Å². The molecule has 1 aliphatic heterocycles. The highest BCUT2D eigenvalue weighted by Crippen LogP contribution is 2.28. The van der Waals surface area contributed by atoms with Crippen LogP contribution in [0.5, 0.6) is 11.5 Å². The minimum atomic E-state index is -0.560. The van der Waals surface area contributed by atoms with Gasteiger partial charge in [-0.2, -0.15) is 0 Å². The molecule has 30 heavy (non-hydrogen) atoms. The van der Waals surface area contributed by atoms with Crippen molar-refractivity contribution in [2.45, 2.75) is 13.8 Å². The van der Waals surface area contributed by atoms with E-state index in [2.05, 4.69) is 17.0 Å². The molecule has 2 aromatic carbocycles. The molecular weight excluding hydrogens is 384 g/mol. The van der Waals surface area contributed by atoms with Gasteiger partial charge in [0.05, 0.1) is 18.8 Å². The van der Waals surface area contributed by atoms with Crippen LogP contribution in [0, 0.1) is 0 Å². The summed E-state index contributed by atoms with van der Waals surface area (Å²) in [6.07, 6.45) is 0. The number of hydrogen-bond acceptors (Lipinski definition) is 6. The summed E-state index contributed by atoms with van der Waals surface area (Å²) in [4.78, 5) is 28.8. The molecule has 160 valence electrons. The van der Waals surface area contributed by atoms with E-state index in [0.717, 1.165) is 18.8 Å². The zero-order valence-electron chi connectivity index (χ0n) is 17.5. The standard InChI is InChI=1S/C23H28N2O5/c1-3-28-20-11-10-18(16-21(20)29-4-2)23(27)30-17-22(26)25-14-12-24(13-15-25)19-8-6-5-7-9-19/h5-11,16H,3-4,12-15,17H2,1-2H3. The Bertz CT molecular complexity index is 848. The van der Waals surface area contributed by atoms with Crippen molar-refractivity contribution in [3.05, 3.63) is 54.1 Å². The number of esters is 1. The molecule has 2 aromatic rings. The van der Waals surface area contributed by atoms with Gasteiger partial charge in [-0.1, -0.05) is 18.2 Å². The molecule has 1 amide bonds.